The predicted molar refractivity (Wildman–Crippen MR) is 60.3 cm³/mol. The summed E-state index contributed by atoms with van der Waals surface area (Å²) in [5.74, 6) is -6.04. The number of hydrogen-bond donors (Lipinski definition) is 2. The molecule has 9 heteroatoms. The van der Waals surface area contributed by atoms with Gasteiger partial charge in [-0.3, -0.25) is 4.79 Å². The standard InChI is InChI=1S/C12H10F5NO3/c1-11(10(20)21,12(15,16)17)18-9(19)5-6-7(13)3-2-4-8(6)14/h2-4H,5H2,1H3,(H,18,19)(H,20,21). The highest BCUT2D eigenvalue weighted by Crippen LogP contribution is 2.30. The highest BCUT2D eigenvalue weighted by molar-refractivity contribution is 5.88. The van der Waals surface area contributed by atoms with E-state index >= 15 is 0 Å². The number of hydrogen-bond acceptors (Lipinski definition) is 2. The van der Waals surface area contributed by atoms with E-state index < -0.39 is 47.2 Å². The van der Waals surface area contributed by atoms with Crippen molar-refractivity contribution in [2.45, 2.75) is 25.1 Å². The molecule has 0 aliphatic rings. The number of halogens is 5. The topological polar surface area (TPSA) is 66.4 Å². The summed E-state index contributed by atoms with van der Waals surface area (Å²) in [6.45, 7) is 0.241. The Hall–Kier alpha value is -2.19. The molecule has 2 N–H and O–H groups in total. The fourth-order valence-corrected chi connectivity index (χ4v) is 1.43. The number of carbonyl (C=O) groups is 2. The van der Waals surface area contributed by atoms with Gasteiger partial charge in [0.1, 0.15) is 11.6 Å². The maximum Gasteiger partial charge on any atom is 0.422 e. The van der Waals surface area contributed by atoms with Crippen molar-refractivity contribution in [1.82, 2.24) is 5.32 Å². The summed E-state index contributed by atoms with van der Waals surface area (Å²) in [6.07, 6.45) is -6.33. The number of rotatable bonds is 4. The SMILES string of the molecule is CC(NC(=O)Cc1c(F)cccc1F)(C(=O)O)C(F)(F)F. The van der Waals surface area contributed by atoms with E-state index in [0.717, 1.165) is 18.2 Å². The van der Waals surface area contributed by atoms with Crippen molar-refractivity contribution in [3.63, 3.8) is 0 Å². The number of nitrogens with one attached hydrogen (secondary N) is 1. The van der Waals surface area contributed by atoms with Crippen LogP contribution in [0.3, 0.4) is 0 Å². The van der Waals surface area contributed by atoms with Crippen LogP contribution in [0.4, 0.5) is 22.0 Å². The van der Waals surface area contributed by atoms with E-state index in [9.17, 15) is 31.5 Å². The minimum Gasteiger partial charge on any atom is -0.479 e. The van der Waals surface area contributed by atoms with E-state index in [1.165, 1.54) is 5.32 Å². The minimum atomic E-state index is -5.28. The summed E-state index contributed by atoms with van der Waals surface area (Å²) in [5.41, 5.74) is -4.30. The lowest BCUT2D eigenvalue weighted by Gasteiger charge is -2.28. The molecule has 1 rings (SSSR count). The van der Waals surface area contributed by atoms with Gasteiger partial charge in [0.2, 0.25) is 11.4 Å². The average molecular weight is 311 g/mol. The molecule has 0 spiro atoms. The van der Waals surface area contributed by atoms with Gasteiger partial charge in [-0.05, 0) is 19.1 Å². The molecule has 1 unspecified atom stereocenters. The second kappa shape index (κ2) is 5.66. The van der Waals surface area contributed by atoms with Crippen LogP contribution in [0.5, 0.6) is 0 Å². The van der Waals surface area contributed by atoms with Crippen LogP contribution < -0.4 is 5.32 Å². The van der Waals surface area contributed by atoms with E-state index in [0.29, 0.717) is 0 Å². The van der Waals surface area contributed by atoms with Crippen LogP contribution in [0.2, 0.25) is 0 Å². The van der Waals surface area contributed by atoms with E-state index in [1.807, 2.05) is 0 Å². The van der Waals surface area contributed by atoms with Crippen LogP contribution >= 0.6 is 0 Å². The normalized spacial score (nSPS) is 14.4. The third-order valence-corrected chi connectivity index (χ3v) is 2.78. The maximum absolute atomic E-state index is 13.3. The molecule has 0 saturated carbocycles. The molecule has 0 radical (unpaired) electrons. The number of carboxylic acid groups (broad SMARTS) is 1. The van der Waals surface area contributed by atoms with Crippen LogP contribution in [0.15, 0.2) is 18.2 Å². The van der Waals surface area contributed by atoms with Crippen molar-refractivity contribution < 1.29 is 36.6 Å². The van der Waals surface area contributed by atoms with Gasteiger partial charge in [0.15, 0.2) is 0 Å². The van der Waals surface area contributed by atoms with Gasteiger partial charge < -0.3 is 10.4 Å². The van der Waals surface area contributed by atoms with Crippen LogP contribution in [-0.2, 0) is 16.0 Å². The summed E-state index contributed by atoms with van der Waals surface area (Å²) in [4.78, 5) is 22.2. The molecule has 0 aliphatic carbocycles. The number of carbonyl (C=O) groups excluding carboxylic acids is 1. The Morgan fingerprint density at radius 3 is 2.05 bits per heavy atom. The maximum atomic E-state index is 13.3. The Morgan fingerprint density at radius 2 is 1.67 bits per heavy atom. The number of benzene rings is 1. The van der Waals surface area contributed by atoms with Gasteiger partial charge in [-0.25, -0.2) is 13.6 Å². The van der Waals surface area contributed by atoms with Gasteiger partial charge in [-0.15, -0.1) is 0 Å². The van der Waals surface area contributed by atoms with Crippen LogP contribution in [0, 0.1) is 11.6 Å². The molecule has 0 saturated heterocycles. The van der Waals surface area contributed by atoms with Gasteiger partial charge >= 0.3 is 12.1 Å². The van der Waals surface area contributed by atoms with E-state index in [4.69, 9.17) is 5.11 Å². The smallest absolute Gasteiger partial charge is 0.422 e. The summed E-state index contributed by atoms with van der Waals surface area (Å²) in [5, 5.41) is 9.85. The molecular weight excluding hydrogens is 301 g/mol. The second-order valence-electron chi connectivity index (χ2n) is 4.35. The lowest BCUT2D eigenvalue weighted by Crippen LogP contribution is -2.62. The molecule has 0 fully saturated rings. The number of carboxylic acids is 1. The van der Waals surface area contributed by atoms with Crippen LogP contribution in [0.1, 0.15) is 12.5 Å². The molecule has 4 nitrogen and oxygen atoms in total. The largest absolute Gasteiger partial charge is 0.479 e. The lowest BCUT2D eigenvalue weighted by molar-refractivity contribution is -0.206. The first-order chi connectivity index (χ1) is 9.49. The molecule has 1 amide bonds. The monoisotopic (exact) mass is 311 g/mol. The van der Waals surface area contributed by atoms with Crippen molar-refractivity contribution in [1.29, 1.82) is 0 Å². The quantitative estimate of drug-likeness (QED) is 0.836. The van der Waals surface area contributed by atoms with Crippen molar-refractivity contribution in [3.8, 4) is 0 Å². The van der Waals surface area contributed by atoms with Gasteiger partial charge in [0.05, 0.1) is 6.42 Å². The minimum absolute atomic E-state index is 0.241. The molecule has 1 aromatic carbocycles. The van der Waals surface area contributed by atoms with Crippen LogP contribution in [-0.4, -0.2) is 28.7 Å². The molecule has 0 aromatic heterocycles. The number of aliphatic carboxylic acids is 1. The fourth-order valence-electron chi connectivity index (χ4n) is 1.43. The zero-order chi connectivity index (χ0) is 16.4. The third-order valence-electron chi connectivity index (χ3n) is 2.78. The summed E-state index contributed by atoms with van der Waals surface area (Å²) in [6, 6.07) is 2.67. The molecule has 21 heavy (non-hydrogen) atoms. The van der Waals surface area contributed by atoms with Gasteiger partial charge in [-0.1, -0.05) is 6.07 Å². The average Bonchev–Trinajstić information content (AvgIpc) is 2.32. The predicted octanol–water partition coefficient (Wildman–Crippen LogP) is 2.03. The Balaban J connectivity index is 2.98. The number of amides is 1. The summed E-state index contributed by atoms with van der Waals surface area (Å²) in [7, 11) is 0. The highest BCUT2D eigenvalue weighted by atomic mass is 19.4. The molecule has 1 aromatic rings. The Bertz CT molecular complexity index is 552. The zero-order valence-electron chi connectivity index (χ0n) is 10.6. The Kier molecular flexibility index (Phi) is 4.55. The Morgan fingerprint density at radius 1 is 1.19 bits per heavy atom. The molecule has 0 heterocycles. The zero-order valence-corrected chi connectivity index (χ0v) is 10.6. The third kappa shape index (κ3) is 3.47. The van der Waals surface area contributed by atoms with E-state index in [-0.39, 0.29) is 6.92 Å². The first-order valence-corrected chi connectivity index (χ1v) is 5.53. The van der Waals surface area contributed by atoms with Crippen molar-refractivity contribution in [3.05, 3.63) is 35.4 Å². The second-order valence-corrected chi connectivity index (χ2v) is 4.35. The highest BCUT2D eigenvalue weighted by Gasteiger charge is 2.58. The van der Waals surface area contributed by atoms with Gasteiger partial charge in [0, 0.05) is 5.56 Å². The van der Waals surface area contributed by atoms with Crippen molar-refractivity contribution >= 4 is 11.9 Å². The molecular formula is C12H10F5NO3. The molecule has 116 valence electrons. The van der Waals surface area contributed by atoms with Crippen molar-refractivity contribution in [2.24, 2.45) is 0 Å². The summed E-state index contributed by atoms with van der Waals surface area (Å²) < 4.78 is 64.6. The van der Waals surface area contributed by atoms with Gasteiger partial charge in [0.25, 0.3) is 0 Å². The molecule has 0 aliphatic heterocycles. The first-order valence-electron chi connectivity index (χ1n) is 5.53. The van der Waals surface area contributed by atoms with Crippen LogP contribution in [0.25, 0.3) is 0 Å². The molecule has 1 atom stereocenters. The lowest BCUT2D eigenvalue weighted by atomic mass is 10.0. The summed E-state index contributed by atoms with van der Waals surface area (Å²) >= 11 is 0. The Labute approximate surface area is 115 Å². The van der Waals surface area contributed by atoms with E-state index in [2.05, 4.69) is 0 Å². The van der Waals surface area contributed by atoms with E-state index in [1.54, 1.807) is 0 Å². The first kappa shape index (κ1) is 16.9. The number of alkyl halides is 3. The van der Waals surface area contributed by atoms with Crippen molar-refractivity contribution in [2.75, 3.05) is 0 Å². The fraction of sp³-hybridized carbons (Fsp3) is 0.333. The molecule has 0 bridgehead atoms. The van der Waals surface area contributed by atoms with Gasteiger partial charge in [-0.2, -0.15) is 13.2 Å².